The van der Waals surface area contributed by atoms with E-state index in [4.69, 9.17) is 17.3 Å². The normalized spacial score (nSPS) is 11.5. The fraction of sp³-hybridized carbons (Fsp3) is 0.0741. The average Bonchev–Trinajstić information content (AvgIpc) is 2.81. The molecule has 0 saturated heterocycles. The summed E-state index contributed by atoms with van der Waals surface area (Å²) in [6, 6.07) is 20.4. The van der Waals surface area contributed by atoms with Crippen molar-refractivity contribution in [1.82, 2.24) is 4.57 Å². The summed E-state index contributed by atoms with van der Waals surface area (Å²) in [7, 11) is 0. The number of carboxylic acids is 1. The zero-order chi connectivity index (χ0) is 24.4. The van der Waals surface area contributed by atoms with Crippen LogP contribution in [0.15, 0.2) is 89.4 Å². The van der Waals surface area contributed by atoms with E-state index in [0.717, 1.165) is 5.56 Å². The molecule has 34 heavy (non-hydrogen) atoms. The van der Waals surface area contributed by atoms with Gasteiger partial charge in [0.05, 0.1) is 12.1 Å². The molecule has 170 valence electrons. The van der Waals surface area contributed by atoms with Crippen LogP contribution >= 0.6 is 11.6 Å². The molecule has 0 aliphatic carbocycles. The van der Waals surface area contributed by atoms with E-state index in [9.17, 15) is 19.5 Å². The van der Waals surface area contributed by atoms with Gasteiger partial charge in [-0.25, -0.2) is 4.79 Å². The van der Waals surface area contributed by atoms with Crippen LogP contribution in [0.3, 0.4) is 0 Å². The molecule has 1 aromatic heterocycles. The molecular formula is C27H21ClN2O4. The van der Waals surface area contributed by atoms with E-state index in [0.29, 0.717) is 32.6 Å². The quantitative estimate of drug-likeness (QED) is 0.300. The van der Waals surface area contributed by atoms with Gasteiger partial charge in [0.15, 0.2) is 0 Å². The van der Waals surface area contributed by atoms with Crippen molar-refractivity contribution in [2.24, 2.45) is 5.73 Å². The molecule has 0 atom stereocenters. The third-order valence-electron chi connectivity index (χ3n) is 5.43. The van der Waals surface area contributed by atoms with E-state index in [1.54, 1.807) is 37.3 Å². The molecule has 3 N–H and O–H groups in total. The largest absolute Gasteiger partial charge is 0.478 e. The number of fused-ring (bicyclic) bond motifs is 1. The van der Waals surface area contributed by atoms with Crippen molar-refractivity contribution >= 4 is 34.1 Å². The maximum absolute atomic E-state index is 13.6. The van der Waals surface area contributed by atoms with Gasteiger partial charge in [0, 0.05) is 27.7 Å². The second-order valence-corrected chi connectivity index (χ2v) is 8.36. The number of nitrogens with zero attached hydrogens (tertiary/aromatic N) is 1. The van der Waals surface area contributed by atoms with Crippen molar-refractivity contribution in [1.29, 1.82) is 0 Å². The van der Waals surface area contributed by atoms with Gasteiger partial charge in [0.1, 0.15) is 5.69 Å². The summed E-state index contributed by atoms with van der Waals surface area (Å²) in [5.41, 5.74) is 8.06. The zero-order valence-corrected chi connectivity index (χ0v) is 19.0. The minimum absolute atomic E-state index is 0.0651. The van der Waals surface area contributed by atoms with Gasteiger partial charge in [0.25, 0.3) is 5.56 Å². The van der Waals surface area contributed by atoms with E-state index >= 15 is 0 Å². The van der Waals surface area contributed by atoms with Crippen LogP contribution in [-0.4, -0.2) is 21.4 Å². The molecule has 0 unspecified atom stereocenters. The number of nitrogens with two attached hydrogens (primary N) is 1. The summed E-state index contributed by atoms with van der Waals surface area (Å²) >= 11 is 6.28. The molecule has 3 aromatic carbocycles. The number of hydrogen-bond acceptors (Lipinski definition) is 4. The highest BCUT2D eigenvalue weighted by Gasteiger charge is 2.23. The Kier molecular flexibility index (Phi) is 6.34. The number of halogens is 1. The first-order valence-electron chi connectivity index (χ1n) is 10.5. The van der Waals surface area contributed by atoms with Crippen LogP contribution in [-0.2, 0) is 6.54 Å². The molecule has 0 aliphatic heterocycles. The molecule has 7 heteroatoms. The first-order chi connectivity index (χ1) is 16.3. The van der Waals surface area contributed by atoms with Crippen LogP contribution < -0.4 is 11.3 Å². The Morgan fingerprint density at radius 3 is 2.29 bits per heavy atom. The fourth-order valence-corrected chi connectivity index (χ4v) is 4.11. The van der Waals surface area contributed by atoms with Gasteiger partial charge in [-0.3, -0.25) is 14.2 Å². The van der Waals surface area contributed by atoms with Crippen LogP contribution in [0.5, 0.6) is 0 Å². The van der Waals surface area contributed by atoms with Crippen molar-refractivity contribution in [3.05, 3.63) is 117 Å². The summed E-state index contributed by atoms with van der Waals surface area (Å²) in [4.78, 5) is 38.3. The van der Waals surface area contributed by atoms with Crippen molar-refractivity contribution in [2.45, 2.75) is 13.5 Å². The number of carboxylic acid groups (broad SMARTS) is 1. The monoisotopic (exact) mass is 472 g/mol. The summed E-state index contributed by atoms with van der Waals surface area (Å²) in [5, 5.41) is 10.6. The van der Waals surface area contributed by atoms with Crippen LogP contribution in [0.1, 0.15) is 33.3 Å². The molecule has 0 bridgehead atoms. The Hall–Kier alpha value is -4.16. The maximum Gasteiger partial charge on any atom is 0.335 e. The third-order valence-corrected chi connectivity index (χ3v) is 5.66. The number of carbonyl (C=O) groups excluding carboxylic acids is 1. The summed E-state index contributed by atoms with van der Waals surface area (Å²) < 4.78 is 1.41. The highest BCUT2D eigenvalue weighted by atomic mass is 35.5. The van der Waals surface area contributed by atoms with E-state index in [1.165, 1.54) is 22.8 Å². The Bertz CT molecular complexity index is 1500. The van der Waals surface area contributed by atoms with Crippen molar-refractivity contribution in [3.63, 3.8) is 0 Å². The van der Waals surface area contributed by atoms with Gasteiger partial charge >= 0.3 is 5.97 Å². The predicted molar refractivity (Wildman–Crippen MR) is 133 cm³/mol. The second-order valence-electron chi connectivity index (χ2n) is 7.93. The molecule has 1 heterocycles. The Morgan fingerprint density at radius 1 is 1.00 bits per heavy atom. The number of aromatic carboxylic acids is 1. The van der Waals surface area contributed by atoms with Gasteiger partial charge in [-0.1, -0.05) is 54.1 Å². The van der Waals surface area contributed by atoms with Crippen molar-refractivity contribution < 1.29 is 14.7 Å². The molecule has 4 aromatic rings. The first-order valence-corrected chi connectivity index (χ1v) is 10.9. The molecule has 0 aliphatic rings. The fourth-order valence-electron chi connectivity index (χ4n) is 3.93. The SMILES string of the molecule is CC(N)=CC(=O)c1c(-c2ccccc2)c2cc(Cl)ccc2c(=O)n1Cc1ccc(C(=O)O)cc1. The van der Waals surface area contributed by atoms with Crippen LogP contribution in [0, 0.1) is 0 Å². The lowest BCUT2D eigenvalue weighted by Gasteiger charge is -2.19. The molecular weight excluding hydrogens is 452 g/mol. The highest BCUT2D eigenvalue weighted by molar-refractivity contribution is 6.31. The standard InChI is InChI=1S/C27H21ClN2O4/c1-16(29)13-23(31)25-24(18-5-3-2-4-6-18)22-14-20(28)11-12-21(22)26(32)30(25)15-17-7-9-19(10-8-17)27(33)34/h2-14H,15,29H2,1H3,(H,33,34). The third kappa shape index (κ3) is 4.49. The summed E-state index contributed by atoms with van der Waals surface area (Å²) in [6.07, 6.45) is 1.29. The zero-order valence-electron chi connectivity index (χ0n) is 18.3. The van der Waals surface area contributed by atoms with Gasteiger partial charge in [-0.2, -0.15) is 0 Å². The van der Waals surface area contributed by atoms with E-state index < -0.39 is 11.8 Å². The van der Waals surface area contributed by atoms with Crippen molar-refractivity contribution in [3.8, 4) is 11.1 Å². The lowest BCUT2D eigenvalue weighted by molar-refractivity contribution is 0.0696. The van der Waals surface area contributed by atoms with Gasteiger partial charge in [-0.05, 0) is 53.8 Å². The minimum atomic E-state index is -1.04. The lowest BCUT2D eigenvalue weighted by Crippen LogP contribution is -2.28. The Labute approximate surface area is 200 Å². The number of aromatic nitrogens is 1. The molecule has 6 nitrogen and oxygen atoms in total. The van der Waals surface area contributed by atoms with Crippen molar-refractivity contribution in [2.75, 3.05) is 0 Å². The minimum Gasteiger partial charge on any atom is -0.478 e. The number of carbonyl (C=O) groups is 2. The predicted octanol–water partition coefficient (Wildman–Crippen LogP) is 5.11. The molecule has 0 saturated carbocycles. The number of hydrogen-bond donors (Lipinski definition) is 2. The topological polar surface area (TPSA) is 102 Å². The van der Waals surface area contributed by atoms with Gasteiger partial charge in [0.2, 0.25) is 5.78 Å². The number of rotatable bonds is 6. The average molecular weight is 473 g/mol. The van der Waals surface area contributed by atoms with Crippen LogP contribution in [0.25, 0.3) is 21.9 Å². The van der Waals surface area contributed by atoms with Gasteiger partial charge < -0.3 is 10.8 Å². The molecule has 0 spiro atoms. The molecule has 0 amide bonds. The molecule has 0 radical (unpaired) electrons. The maximum atomic E-state index is 13.6. The molecule has 0 fully saturated rings. The number of pyridine rings is 1. The Balaban J connectivity index is 2.08. The number of allylic oxidation sites excluding steroid dienone is 2. The van der Waals surface area contributed by atoms with E-state index in [2.05, 4.69) is 0 Å². The summed E-state index contributed by atoms with van der Waals surface area (Å²) in [5.74, 6) is -1.46. The van der Waals surface area contributed by atoms with E-state index in [1.807, 2.05) is 30.3 Å². The number of ketones is 1. The Morgan fingerprint density at radius 2 is 1.68 bits per heavy atom. The smallest absolute Gasteiger partial charge is 0.335 e. The summed E-state index contributed by atoms with van der Waals surface area (Å²) in [6.45, 7) is 1.67. The number of benzene rings is 3. The van der Waals surface area contributed by atoms with Gasteiger partial charge in [-0.15, -0.1) is 0 Å². The highest BCUT2D eigenvalue weighted by Crippen LogP contribution is 2.33. The lowest BCUT2D eigenvalue weighted by atomic mass is 9.94. The first kappa shape index (κ1) is 23.0. The molecule has 4 rings (SSSR count). The van der Waals surface area contributed by atoms with E-state index in [-0.39, 0.29) is 23.4 Å². The second kappa shape index (κ2) is 9.37. The van der Waals surface area contributed by atoms with Crippen LogP contribution in [0.4, 0.5) is 0 Å². The van der Waals surface area contributed by atoms with Crippen LogP contribution in [0.2, 0.25) is 5.02 Å².